The fraction of sp³-hybridized carbons (Fsp3) is 0.444. The van der Waals surface area contributed by atoms with E-state index in [1.165, 1.54) is 0 Å². The molecule has 0 unspecified atom stereocenters. The standard InChI is InChI=1S/C9H13F2NSi/c1-13(2,9(10)11)7-8-5-3-4-6-12-8/h3-6,9H,7H2,1-2H3. The van der Waals surface area contributed by atoms with Crippen LogP contribution in [0.4, 0.5) is 8.78 Å². The molecule has 0 saturated heterocycles. The van der Waals surface area contributed by atoms with Crippen molar-refractivity contribution >= 4 is 8.07 Å². The summed E-state index contributed by atoms with van der Waals surface area (Å²) >= 11 is 0. The van der Waals surface area contributed by atoms with E-state index >= 15 is 0 Å². The summed E-state index contributed by atoms with van der Waals surface area (Å²) in [6, 6.07) is 3.70. The first-order valence-electron chi connectivity index (χ1n) is 4.20. The summed E-state index contributed by atoms with van der Waals surface area (Å²) in [4.78, 5) is 4.05. The van der Waals surface area contributed by atoms with Crippen LogP contribution in [-0.4, -0.2) is 19.1 Å². The van der Waals surface area contributed by atoms with E-state index in [4.69, 9.17) is 0 Å². The fourth-order valence-electron chi connectivity index (χ4n) is 1.05. The predicted octanol–water partition coefficient (Wildman–Crippen LogP) is 2.68. The molecule has 0 aromatic carbocycles. The Labute approximate surface area is 77.8 Å². The second-order valence-corrected chi connectivity index (χ2v) is 8.55. The summed E-state index contributed by atoms with van der Waals surface area (Å²) in [7, 11) is -2.42. The van der Waals surface area contributed by atoms with Crippen LogP contribution in [-0.2, 0) is 6.04 Å². The fourth-order valence-corrected chi connectivity index (χ4v) is 2.34. The average molecular weight is 201 g/mol. The maximum absolute atomic E-state index is 12.5. The molecule has 1 heterocycles. The van der Waals surface area contributed by atoms with Crippen molar-refractivity contribution in [2.75, 3.05) is 0 Å². The van der Waals surface area contributed by atoms with Crippen molar-refractivity contribution in [2.45, 2.75) is 25.2 Å². The van der Waals surface area contributed by atoms with Crippen molar-refractivity contribution in [3.05, 3.63) is 30.1 Å². The SMILES string of the molecule is C[Si](C)(Cc1ccccn1)C(F)F. The van der Waals surface area contributed by atoms with Gasteiger partial charge in [0, 0.05) is 11.9 Å². The first kappa shape index (κ1) is 10.3. The van der Waals surface area contributed by atoms with Crippen molar-refractivity contribution in [2.24, 2.45) is 0 Å². The predicted molar refractivity (Wildman–Crippen MR) is 51.4 cm³/mol. The third kappa shape index (κ3) is 2.88. The Kier molecular flexibility index (Phi) is 3.14. The molecule has 0 aliphatic heterocycles. The Hall–Kier alpha value is -0.773. The molecule has 13 heavy (non-hydrogen) atoms. The van der Waals surface area contributed by atoms with Crippen LogP contribution in [0.5, 0.6) is 0 Å². The lowest BCUT2D eigenvalue weighted by Gasteiger charge is -2.19. The molecule has 0 fully saturated rings. The van der Waals surface area contributed by atoms with Gasteiger partial charge in [0.05, 0.1) is 0 Å². The van der Waals surface area contributed by atoms with Gasteiger partial charge in [0.2, 0.25) is 6.05 Å². The molecule has 1 aromatic rings. The van der Waals surface area contributed by atoms with Crippen molar-refractivity contribution in [1.29, 1.82) is 0 Å². The average Bonchev–Trinajstić information content (AvgIpc) is 2.05. The monoisotopic (exact) mass is 201 g/mol. The quantitative estimate of drug-likeness (QED) is 0.685. The minimum absolute atomic E-state index is 0.450. The lowest BCUT2D eigenvalue weighted by Crippen LogP contribution is -2.39. The molecule has 4 heteroatoms. The van der Waals surface area contributed by atoms with E-state index in [0.29, 0.717) is 6.04 Å². The van der Waals surface area contributed by atoms with E-state index < -0.39 is 14.1 Å². The van der Waals surface area contributed by atoms with Crippen LogP contribution < -0.4 is 0 Å². The zero-order valence-electron chi connectivity index (χ0n) is 7.80. The van der Waals surface area contributed by atoms with Crippen LogP contribution in [0.1, 0.15) is 5.69 Å². The lowest BCUT2D eigenvalue weighted by atomic mass is 10.4. The first-order valence-corrected chi connectivity index (χ1v) is 7.49. The van der Waals surface area contributed by atoms with Crippen LogP contribution in [0, 0.1) is 0 Å². The molecule has 1 rings (SSSR count). The smallest absolute Gasteiger partial charge is 0.221 e. The Morgan fingerprint density at radius 1 is 1.38 bits per heavy atom. The van der Waals surface area contributed by atoms with Gasteiger partial charge in [-0.3, -0.25) is 4.98 Å². The van der Waals surface area contributed by atoms with Crippen LogP contribution in [0.25, 0.3) is 0 Å². The molecule has 0 amide bonds. The van der Waals surface area contributed by atoms with Gasteiger partial charge in [-0.05, 0) is 18.2 Å². The maximum Gasteiger partial charge on any atom is 0.221 e. The van der Waals surface area contributed by atoms with E-state index in [1.54, 1.807) is 31.4 Å². The topological polar surface area (TPSA) is 12.9 Å². The molecule has 0 aliphatic rings. The van der Waals surface area contributed by atoms with Crippen LogP contribution in [0.15, 0.2) is 24.4 Å². The molecule has 0 aliphatic carbocycles. The van der Waals surface area contributed by atoms with Gasteiger partial charge in [0.25, 0.3) is 0 Å². The van der Waals surface area contributed by atoms with E-state index in [9.17, 15) is 8.78 Å². The molecule has 0 bridgehead atoms. The van der Waals surface area contributed by atoms with E-state index in [0.717, 1.165) is 5.69 Å². The normalized spacial score (nSPS) is 12.1. The van der Waals surface area contributed by atoms with Gasteiger partial charge >= 0.3 is 0 Å². The van der Waals surface area contributed by atoms with Gasteiger partial charge in [-0.2, -0.15) is 0 Å². The summed E-state index contributed by atoms with van der Waals surface area (Å²) in [6.07, 6.45) is 1.64. The number of pyridine rings is 1. The third-order valence-electron chi connectivity index (χ3n) is 1.95. The number of rotatable bonds is 3. The lowest BCUT2D eigenvalue weighted by molar-refractivity contribution is 0.226. The van der Waals surface area contributed by atoms with Gasteiger partial charge in [-0.25, -0.2) is 8.78 Å². The van der Waals surface area contributed by atoms with E-state index in [2.05, 4.69) is 4.98 Å². The zero-order chi connectivity index (χ0) is 9.90. The van der Waals surface area contributed by atoms with Gasteiger partial charge < -0.3 is 0 Å². The number of alkyl halides is 2. The molecule has 0 saturated carbocycles. The Morgan fingerprint density at radius 2 is 2.08 bits per heavy atom. The van der Waals surface area contributed by atoms with E-state index in [-0.39, 0.29) is 0 Å². The molecule has 72 valence electrons. The number of hydrogen-bond acceptors (Lipinski definition) is 1. The van der Waals surface area contributed by atoms with Crippen molar-refractivity contribution in [3.63, 3.8) is 0 Å². The number of nitrogens with zero attached hydrogens (tertiary/aromatic N) is 1. The molecule has 0 spiro atoms. The number of aromatic nitrogens is 1. The highest BCUT2D eigenvalue weighted by atomic mass is 28.3. The van der Waals surface area contributed by atoms with Gasteiger partial charge in [-0.1, -0.05) is 19.2 Å². The van der Waals surface area contributed by atoms with Crippen LogP contribution in [0.3, 0.4) is 0 Å². The van der Waals surface area contributed by atoms with E-state index in [1.807, 2.05) is 6.07 Å². The minimum atomic E-state index is -2.42. The summed E-state index contributed by atoms with van der Waals surface area (Å²) in [5.41, 5.74) is 0.777. The molecule has 0 N–H and O–H groups in total. The molecule has 0 atom stereocenters. The molecule has 0 radical (unpaired) electrons. The molecular formula is C9H13F2NSi. The zero-order valence-corrected chi connectivity index (χ0v) is 8.80. The summed E-state index contributed by atoms with van der Waals surface area (Å²) < 4.78 is 25.1. The highest BCUT2D eigenvalue weighted by Gasteiger charge is 2.32. The molecule has 1 nitrogen and oxygen atoms in total. The molecular weight excluding hydrogens is 188 g/mol. The Morgan fingerprint density at radius 3 is 2.54 bits per heavy atom. The maximum atomic E-state index is 12.5. The van der Waals surface area contributed by atoms with Crippen LogP contribution in [0.2, 0.25) is 13.1 Å². The summed E-state index contributed by atoms with van der Waals surface area (Å²) in [5, 5.41) is 0. The van der Waals surface area contributed by atoms with Gasteiger partial charge in [0.1, 0.15) is 8.07 Å². The first-order chi connectivity index (χ1) is 6.02. The third-order valence-corrected chi connectivity index (χ3v) is 4.41. The Bertz CT molecular complexity index is 262. The summed E-state index contributed by atoms with van der Waals surface area (Å²) in [5.74, 6) is 0. The van der Waals surface area contributed by atoms with Crippen LogP contribution >= 0.6 is 0 Å². The van der Waals surface area contributed by atoms with Gasteiger partial charge in [0.15, 0.2) is 0 Å². The summed E-state index contributed by atoms with van der Waals surface area (Å²) in [6.45, 7) is 3.37. The Balaban J connectivity index is 2.69. The highest BCUT2D eigenvalue weighted by molar-refractivity contribution is 6.77. The number of hydrogen-bond donors (Lipinski definition) is 0. The second kappa shape index (κ2) is 3.96. The minimum Gasteiger partial charge on any atom is -0.262 e. The van der Waals surface area contributed by atoms with Gasteiger partial charge in [-0.15, -0.1) is 0 Å². The van der Waals surface area contributed by atoms with Crippen molar-refractivity contribution in [1.82, 2.24) is 4.98 Å². The second-order valence-electron chi connectivity index (χ2n) is 3.79. The number of halogens is 2. The molecule has 1 aromatic heterocycles. The van der Waals surface area contributed by atoms with Crippen molar-refractivity contribution in [3.8, 4) is 0 Å². The highest BCUT2D eigenvalue weighted by Crippen LogP contribution is 2.17. The van der Waals surface area contributed by atoms with Crippen molar-refractivity contribution < 1.29 is 8.78 Å². The largest absolute Gasteiger partial charge is 0.262 e.